The molecule has 0 saturated heterocycles. The molecule has 1 heterocycles. The molecular weight excluding hydrogens is 319 g/mol. The first-order chi connectivity index (χ1) is 9.40. The Bertz CT molecular complexity index is 768. The van der Waals surface area contributed by atoms with Crippen molar-refractivity contribution in [1.29, 1.82) is 0 Å². The van der Waals surface area contributed by atoms with Crippen molar-refractivity contribution in [2.45, 2.75) is 10.6 Å². The van der Waals surface area contributed by atoms with E-state index in [1.54, 1.807) is 25.2 Å². The lowest BCUT2D eigenvalue weighted by Gasteiger charge is -2.10. The van der Waals surface area contributed by atoms with Crippen LogP contribution in [0.5, 0.6) is 0 Å². The second kappa shape index (κ2) is 6.08. The summed E-state index contributed by atoms with van der Waals surface area (Å²) in [4.78, 5) is 24.3. The topological polar surface area (TPSA) is 44.0 Å². The van der Waals surface area contributed by atoms with Crippen molar-refractivity contribution in [2.75, 3.05) is 0 Å². The summed E-state index contributed by atoms with van der Waals surface area (Å²) in [6.07, 6.45) is 0. The largest absolute Gasteiger partial charge is 0.330 e. The Morgan fingerprint density at radius 1 is 1.10 bits per heavy atom. The predicted octanol–water partition coefficient (Wildman–Crippen LogP) is 2.68. The summed E-state index contributed by atoms with van der Waals surface area (Å²) >= 11 is 13.4. The summed E-state index contributed by atoms with van der Waals surface area (Å²) in [5.41, 5.74) is -0.0228. The van der Waals surface area contributed by atoms with Crippen LogP contribution in [0.1, 0.15) is 5.69 Å². The number of aromatic nitrogens is 2. The third kappa shape index (κ3) is 3.11. The van der Waals surface area contributed by atoms with Crippen molar-refractivity contribution in [3.8, 4) is 0 Å². The van der Waals surface area contributed by atoms with Gasteiger partial charge in [0.2, 0.25) is 0 Å². The Kier molecular flexibility index (Phi) is 4.62. The molecule has 0 unspecified atom stereocenters. The molecule has 7 heteroatoms. The molecule has 106 valence electrons. The van der Waals surface area contributed by atoms with Gasteiger partial charge in [-0.2, -0.15) is 0 Å². The number of benzene rings is 1. The van der Waals surface area contributed by atoms with E-state index in [0.717, 1.165) is 9.46 Å². The molecule has 0 saturated carbocycles. The van der Waals surface area contributed by atoms with Gasteiger partial charge in [0.25, 0.3) is 5.56 Å². The zero-order chi connectivity index (χ0) is 14.9. The zero-order valence-electron chi connectivity index (χ0n) is 10.9. The molecule has 20 heavy (non-hydrogen) atoms. The van der Waals surface area contributed by atoms with E-state index in [4.69, 9.17) is 23.2 Å². The van der Waals surface area contributed by atoms with Crippen molar-refractivity contribution in [3.05, 3.63) is 60.8 Å². The highest BCUT2D eigenvalue weighted by molar-refractivity contribution is 7.98. The molecule has 0 aliphatic carbocycles. The average Bonchev–Trinajstić information content (AvgIpc) is 2.42. The third-order valence-electron chi connectivity index (χ3n) is 2.89. The lowest BCUT2D eigenvalue weighted by Crippen LogP contribution is -2.37. The molecule has 2 aromatic rings. The van der Waals surface area contributed by atoms with Crippen molar-refractivity contribution < 1.29 is 0 Å². The molecule has 4 nitrogen and oxygen atoms in total. The van der Waals surface area contributed by atoms with Crippen LogP contribution in [0.3, 0.4) is 0 Å². The van der Waals surface area contributed by atoms with E-state index in [-0.39, 0.29) is 11.2 Å². The molecule has 2 rings (SSSR count). The lowest BCUT2D eigenvalue weighted by molar-refractivity contribution is 0.665. The van der Waals surface area contributed by atoms with Gasteiger partial charge < -0.3 is 0 Å². The number of hydrogen-bond acceptors (Lipinski definition) is 3. The number of rotatable bonds is 3. The van der Waals surface area contributed by atoms with E-state index in [0.29, 0.717) is 21.5 Å². The van der Waals surface area contributed by atoms with Gasteiger partial charge >= 0.3 is 5.69 Å². The van der Waals surface area contributed by atoms with Gasteiger partial charge in [-0.1, -0.05) is 23.2 Å². The second-order valence-corrected chi connectivity index (χ2v) is 6.10. The normalized spacial score (nSPS) is 10.8. The molecule has 0 radical (unpaired) electrons. The molecular formula is C13H12Cl2N2O2S. The van der Waals surface area contributed by atoms with E-state index < -0.39 is 0 Å². The first kappa shape index (κ1) is 15.2. The minimum Gasteiger partial charge on any atom is -0.300 e. The molecule has 0 aliphatic heterocycles. The number of thioether (sulfide) groups is 1. The van der Waals surface area contributed by atoms with Crippen LogP contribution in [-0.4, -0.2) is 9.13 Å². The van der Waals surface area contributed by atoms with Gasteiger partial charge in [-0.15, -0.1) is 11.8 Å². The van der Waals surface area contributed by atoms with Crippen LogP contribution in [0.4, 0.5) is 0 Å². The number of nitrogens with zero attached hydrogens (tertiary/aromatic N) is 2. The maximum atomic E-state index is 11.8. The van der Waals surface area contributed by atoms with E-state index in [1.807, 2.05) is 0 Å². The molecule has 1 aromatic heterocycles. The maximum Gasteiger partial charge on any atom is 0.330 e. The van der Waals surface area contributed by atoms with Gasteiger partial charge in [-0.25, -0.2) is 4.79 Å². The Hall–Kier alpha value is -1.17. The van der Waals surface area contributed by atoms with Gasteiger partial charge in [0.05, 0.1) is 5.02 Å². The van der Waals surface area contributed by atoms with Crippen LogP contribution in [0, 0.1) is 0 Å². The summed E-state index contributed by atoms with van der Waals surface area (Å²) in [7, 11) is 3.09. The van der Waals surface area contributed by atoms with E-state index in [9.17, 15) is 9.59 Å². The Morgan fingerprint density at radius 2 is 1.80 bits per heavy atom. The summed E-state index contributed by atoms with van der Waals surface area (Å²) < 4.78 is 2.52. The lowest BCUT2D eigenvalue weighted by atomic mass is 10.4. The standard InChI is InChI=1S/C13H12Cl2N2O2S/c1-16-9(6-12(18)17(2)13(16)19)7-20-11-5-8(14)3-4-10(11)15/h3-6H,7H2,1-2H3. The summed E-state index contributed by atoms with van der Waals surface area (Å²) in [5.74, 6) is 0.460. The Balaban J connectivity index is 2.30. The minimum absolute atomic E-state index is 0.319. The smallest absolute Gasteiger partial charge is 0.300 e. The summed E-state index contributed by atoms with van der Waals surface area (Å²) in [6, 6.07) is 6.64. The highest BCUT2D eigenvalue weighted by Crippen LogP contribution is 2.31. The van der Waals surface area contributed by atoms with Crippen molar-refractivity contribution >= 4 is 35.0 Å². The second-order valence-electron chi connectivity index (χ2n) is 4.24. The quantitative estimate of drug-likeness (QED) is 0.813. The fourth-order valence-electron chi connectivity index (χ4n) is 1.66. The molecule has 0 N–H and O–H groups in total. The van der Waals surface area contributed by atoms with Crippen LogP contribution in [-0.2, 0) is 19.8 Å². The van der Waals surface area contributed by atoms with Crippen LogP contribution in [0.25, 0.3) is 0 Å². The minimum atomic E-state index is -0.342. The SMILES string of the molecule is Cn1c(CSc2cc(Cl)ccc2Cl)cc(=O)n(C)c1=O. The molecule has 0 amide bonds. The van der Waals surface area contributed by atoms with E-state index >= 15 is 0 Å². The van der Waals surface area contributed by atoms with Crippen LogP contribution < -0.4 is 11.2 Å². The van der Waals surface area contributed by atoms with Crippen molar-refractivity contribution in [3.63, 3.8) is 0 Å². The van der Waals surface area contributed by atoms with E-state index in [1.165, 1.54) is 29.4 Å². The summed E-state index contributed by atoms with van der Waals surface area (Å²) in [6.45, 7) is 0. The van der Waals surface area contributed by atoms with Crippen LogP contribution in [0.2, 0.25) is 10.0 Å². The average molecular weight is 331 g/mol. The first-order valence-electron chi connectivity index (χ1n) is 5.74. The highest BCUT2D eigenvalue weighted by Gasteiger charge is 2.08. The van der Waals surface area contributed by atoms with Gasteiger partial charge in [-0.05, 0) is 18.2 Å². The summed E-state index contributed by atoms with van der Waals surface area (Å²) in [5, 5.41) is 1.18. The van der Waals surface area contributed by atoms with Gasteiger partial charge in [0, 0.05) is 41.5 Å². The van der Waals surface area contributed by atoms with Gasteiger partial charge in [0.1, 0.15) is 0 Å². The molecule has 0 fully saturated rings. The predicted molar refractivity (Wildman–Crippen MR) is 82.9 cm³/mol. The third-order valence-corrected chi connectivity index (χ3v) is 4.66. The zero-order valence-corrected chi connectivity index (χ0v) is 13.2. The Labute approximate surface area is 129 Å². The van der Waals surface area contributed by atoms with Crippen LogP contribution in [0.15, 0.2) is 38.8 Å². The van der Waals surface area contributed by atoms with Gasteiger partial charge in [-0.3, -0.25) is 13.9 Å². The van der Waals surface area contributed by atoms with Crippen molar-refractivity contribution in [2.24, 2.45) is 14.1 Å². The molecule has 0 spiro atoms. The number of hydrogen-bond donors (Lipinski definition) is 0. The van der Waals surface area contributed by atoms with Crippen LogP contribution >= 0.6 is 35.0 Å². The molecule has 0 bridgehead atoms. The monoisotopic (exact) mass is 330 g/mol. The Morgan fingerprint density at radius 3 is 2.50 bits per heavy atom. The molecule has 0 aliphatic rings. The maximum absolute atomic E-state index is 11.8. The van der Waals surface area contributed by atoms with E-state index in [2.05, 4.69) is 0 Å². The number of halogens is 2. The van der Waals surface area contributed by atoms with Gasteiger partial charge in [0.15, 0.2) is 0 Å². The van der Waals surface area contributed by atoms with Crippen molar-refractivity contribution in [1.82, 2.24) is 9.13 Å². The first-order valence-corrected chi connectivity index (χ1v) is 7.48. The fourth-order valence-corrected chi connectivity index (χ4v) is 3.17. The molecule has 1 aromatic carbocycles. The molecule has 0 atom stereocenters. The highest BCUT2D eigenvalue weighted by atomic mass is 35.5. The fraction of sp³-hybridized carbons (Fsp3) is 0.231.